The van der Waals surface area contributed by atoms with Gasteiger partial charge in [-0.3, -0.25) is 4.79 Å². The van der Waals surface area contributed by atoms with Crippen molar-refractivity contribution < 1.29 is 10.0 Å². The smallest absolute Gasteiger partial charge is 0.423 e. The van der Waals surface area contributed by atoms with E-state index in [-0.39, 0.29) is 5.56 Å². The van der Waals surface area contributed by atoms with Gasteiger partial charge in [0.25, 0.3) is 5.56 Å². The number of benzene rings is 2. The fourth-order valence-corrected chi connectivity index (χ4v) is 2.26. The second-order valence-electron chi connectivity index (χ2n) is 4.79. The summed E-state index contributed by atoms with van der Waals surface area (Å²) < 4.78 is 1.65. The maximum atomic E-state index is 12.0. The highest BCUT2D eigenvalue weighted by molar-refractivity contribution is 6.58. The average Bonchev–Trinajstić information content (AvgIpc) is 2.51. The minimum absolute atomic E-state index is 0.167. The third-order valence-corrected chi connectivity index (χ3v) is 3.37. The van der Waals surface area contributed by atoms with Crippen molar-refractivity contribution in [2.75, 3.05) is 0 Å². The van der Waals surface area contributed by atoms with Crippen LogP contribution in [-0.2, 0) is 6.54 Å². The van der Waals surface area contributed by atoms with Gasteiger partial charge >= 0.3 is 7.12 Å². The van der Waals surface area contributed by atoms with Crippen LogP contribution >= 0.6 is 0 Å². The normalized spacial score (nSPS) is 10.8. The third-order valence-electron chi connectivity index (χ3n) is 3.37. The zero-order valence-electron chi connectivity index (χ0n) is 11.2. The highest BCUT2D eigenvalue weighted by atomic mass is 16.4. The van der Waals surface area contributed by atoms with Crippen LogP contribution < -0.4 is 11.0 Å². The lowest BCUT2D eigenvalue weighted by Crippen LogP contribution is -2.29. The molecular formula is C15H13BN2O3. The second kappa shape index (κ2) is 5.51. The molecule has 0 saturated carbocycles. The summed E-state index contributed by atoms with van der Waals surface area (Å²) in [6.45, 7) is 0.406. The van der Waals surface area contributed by atoms with Gasteiger partial charge in [-0.15, -0.1) is 0 Å². The van der Waals surface area contributed by atoms with Gasteiger partial charge in [0.1, 0.15) is 0 Å². The maximum absolute atomic E-state index is 12.0. The van der Waals surface area contributed by atoms with E-state index in [4.69, 9.17) is 10.0 Å². The summed E-state index contributed by atoms with van der Waals surface area (Å²) >= 11 is 0. The van der Waals surface area contributed by atoms with Crippen molar-refractivity contribution >= 4 is 23.6 Å². The molecule has 0 saturated heterocycles. The summed E-state index contributed by atoms with van der Waals surface area (Å²) in [5, 5.41) is 18.2. The summed E-state index contributed by atoms with van der Waals surface area (Å²) in [5.74, 6) is 0. The Morgan fingerprint density at radius 3 is 2.48 bits per heavy atom. The Bertz CT molecular complexity index is 828. The molecule has 5 nitrogen and oxygen atoms in total. The van der Waals surface area contributed by atoms with Crippen molar-refractivity contribution in [3.63, 3.8) is 0 Å². The Hall–Kier alpha value is -2.44. The lowest BCUT2D eigenvalue weighted by atomic mass is 9.80. The van der Waals surface area contributed by atoms with E-state index in [0.717, 1.165) is 16.6 Å². The molecule has 0 aliphatic carbocycles. The largest absolute Gasteiger partial charge is 0.488 e. The predicted octanol–water partition coefficient (Wildman–Crippen LogP) is 0.125. The third kappa shape index (κ3) is 2.72. The maximum Gasteiger partial charge on any atom is 0.488 e. The van der Waals surface area contributed by atoms with E-state index < -0.39 is 7.12 Å². The van der Waals surface area contributed by atoms with Crippen LogP contribution in [0.1, 0.15) is 5.56 Å². The summed E-state index contributed by atoms with van der Waals surface area (Å²) in [5.41, 5.74) is 2.69. The van der Waals surface area contributed by atoms with Gasteiger partial charge in [-0.25, -0.2) is 4.98 Å². The van der Waals surface area contributed by atoms with Gasteiger partial charge in [0.05, 0.1) is 23.8 Å². The van der Waals surface area contributed by atoms with E-state index in [1.54, 1.807) is 28.8 Å². The minimum atomic E-state index is -1.48. The molecule has 0 amide bonds. The number of nitrogens with zero attached hydrogens (tertiary/aromatic N) is 2. The van der Waals surface area contributed by atoms with Crippen LogP contribution in [0.4, 0.5) is 0 Å². The fraction of sp³-hybridized carbons (Fsp3) is 0.0667. The number of para-hydroxylation sites is 2. The predicted molar refractivity (Wildman–Crippen MR) is 81.4 cm³/mol. The van der Waals surface area contributed by atoms with Gasteiger partial charge in [0, 0.05) is 0 Å². The highest BCUT2D eigenvalue weighted by Gasteiger charge is 2.10. The van der Waals surface area contributed by atoms with Gasteiger partial charge in [-0.2, -0.15) is 0 Å². The zero-order chi connectivity index (χ0) is 14.8. The standard InChI is InChI=1S/C15H13BN2O3/c19-15-9-17-13-3-1-2-4-14(13)18(15)10-11-5-7-12(8-6-11)16(20)21/h1-9,20-21H,10H2. The number of aromatic nitrogens is 2. The van der Waals surface area contributed by atoms with Crippen molar-refractivity contribution in [3.05, 3.63) is 70.6 Å². The molecule has 0 aliphatic rings. The monoisotopic (exact) mass is 280 g/mol. The van der Waals surface area contributed by atoms with Crippen LogP contribution in [0.2, 0.25) is 0 Å². The van der Waals surface area contributed by atoms with Gasteiger partial charge in [0.2, 0.25) is 0 Å². The molecule has 1 heterocycles. The molecule has 2 N–H and O–H groups in total. The Balaban J connectivity index is 2.01. The number of hydrogen-bond acceptors (Lipinski definition) is 4. The van der Waals surface area contributed by atoms with E-state index in [1.807, 2.05) is 24.3 Å². The topological polar surface area (TPSA) is 75.4 Å². The second-order valence-corrected chi connectivity index (χ2v) is 4.79. The van der Waals surface area contributed by atoms with Crippen LogP contribution in [-0.4, -0.2) is 26.7 Å². The molecule has 0 unspecified atom stereocenters. The summed E-state index contributed by atoms with van der Waals surface area (Å²) in [6, 6.07) is 14.3. The molecule has 0 bridgehead atoms. The molecule has 3 rings (SSSR count). The summed E-state index contributed by atoms with van der Waals surface area (Å²) in [7, 11) is -1.48. The molecule has 21 heavy (non-hydrogen) atoms. The molecule has 3 aromatic rings. The first-order valence-electron chi connectivity index (χ1n) is 6.55. The molecule has 2 aromatic carbocycles. The van der Waals surface area contributed by atoms with Crippen LogP contribution in [0.5, 0.6) is 0 Å². The summed E-state index contributed by atoms with van der Waals surface area (Å²) in [4.78, 5) is 16.2. The lowest BCUT2D eigenvalue weighted by Gasteiger charge is -2.10. The molecule has 0 radical (unpaired) electrons. The van der Waals surface area contributed by atoms with E-state index in [1.165, 1.54) is 6.20 Å². The first kappa shape index (κ1) is 13.5. The summed E-state index contributed by atoms with van der Waals surface area (Å²) in [6.07, 6.45) is 1.31. The van der Waals surface area contributed by atoms with Gasteiger partial charge in [-0.05, 0) is 23.2 Å². The Kier molecular flexibility index (Phi) is 3.56. The number of fused-ring (bicyclic) bond motifs is 1. The fourth-order valence-electron chi connectivity index (χ4n) is 2.26. The molecule has 0 spiro atoms. The quantitative estimate of drug-likeness (QED) is 0.668. The Labute approximate surface area is 121 Å². The van der Waals surface area contributed by atoms with E-state index in [2.05, 4.69) is 4.98 Å². The lowest BCUT2D eigenvalue weighted by molar-refractivity contribution is 0.426. The van der Waals surface area contributed by atoms with Crippen LogP contribution in [0.3, 0.4) is 0 Å². The van der Waals surface area contributed by atoms with Crippen LogP contribution in [0, 0.1) is 0 Å². The van der Waals surface area contributed by atoms with Crippen molar-refractivity contribution in [2.24, 2.45) is 0 Å². The Morgan fingerprint density at radius 1 is 1.05 bits per heavy atom. The van der Waals surface area contributed by atoms with Gasteiger partial charge < -0.3 is 14.6 Å². The first-order chi connectivity index (χ1) is 10.1. The minimum Gasteiger partial charge on any atom is -0.423 e. The van der Waals surface area contributed by atoms with Crippen molar-refractivity contribution in [1.82, 2.24) is 9.55 Å². The van der Waals surface area contributed by atoms with Crippen molar-refractivity contribution in [1.29, 1.82) is 0 Å². The molecule has 1 aromatic heterocycles. The molecule has 6 heteroatoms. The molecule has 104 valence electrons. The van der Waals surface area contributed by atoms with E-state index in [9.17, 15) is 4.79 Å². The average molecular weight is 280 g/mol. The van der Waals surface area contributed by atoms with Crippen molar-refractivity contribution in [3.8, 4) is 0 Å². The SMILES string of the molecule is O=c1cnc2ccccc2n1Cc1ccc(B(O)O)cc1. The molecular weight excluding hydrogens is 267 g/mol. The van der Waals surface area contributed by atoms with Gasteiger partial charge in [-0.1, -0.05) is 36.4 Å². The van der Waals surface area contributed by atoms with Crippen LogP contribution in [0.15, 0.2) is 59.5 Å². The highest BCUT2D eigenvalue weighted by Crippen LogP contribution is 2.10. The zero-order valence-corrected chi connectivity index (χ0v) is 11.2. The molecule has 0 fully saturated rings. The van der Waals surface area contributed by atoms with E-state index in [0.29, 0.717) is 12.0 Å². The molecule has 0 atom stereocenters. The number of rotatable bonds is 3. The Morgan fingerprint density at radius 2 is 1.76 bits per heavy atom. The molecule has 0 aliphatic heterocycles. The number of hydrogen-bond donors (Lipinski definition) is 2. The first-order valence-corrected chi connectivity index (χ1v) is 6.55. The van der Waals surface area contributed by atoms with E-state index >= 15 is 0 Å². The van der Waals surface area contributed by atoms with Crippen molar-refractivity contribution in [2.45, 2.75) is 6.54 Å². The van der Waals surface area contributed by atoms with Gasteiger partial charge in [0.15, 0.2) is 0 Å². The van der Waals surface area contributed by atoms with Crippen LogP contribution in [0.25, 0.3) is 11.0 Å².